The van der Waals surface area contributed by atoms with E-state index in [-0.39, 0.29) is 18.5 Å². The summed E-state index contributed by atoms with van der Waals surface area (Å²) in [7, 11) is 0. The number of aliphatic hydroxyl groups is 1. The molecule has 0 unspecified atom stereocenters. The number of para-hydroxylation sites is 1. The number of aliphatic hydroxyl groups excluding tert-OH is 1. The van der Waals surface area contributed by atoms with Gasteiger partial charge in [-0.1, -0.05) is 12.1 Å². The van der Waals surface area contributed by atoms with E-state index in [4.69, 9.17) is 5.73 Å². The third kappa shape index (κ3) is 4.12. The molecule has 4 N–H and O–H groups in total. The van der Waals surface area contributed by atoms with Crippen LogP contribution in [0.5, 0.6) is 0 Å². The van der Waals surface area contributed by atoms with E-state index < -0.39 is 0 Å². The molecule has 0 saturated heterocycles. The fraction of sp³-hybridized carbons (Fsp3) is 0.538. The average molecular weight is 336 g/mol. The van der Waals surface area contributed by atoms with Crippen molar-refractivity contribution >= 4 is 34.0 Å². The number of nitrogens with one attached hydrogen (secondary N) is 1. The first-order valence-corrected chi connectivity index (χ1v) is 6.90. The maximum atomic E-state index is 9.44. The Bertz CT molecular complexity index is 381. The van der Waals surface area contributed by atoms with Gasteiger partial charge in [0.25, 0.3) is 0 Å². The number of halogens is 2. The van der Waals surface area contributed by atoms with Crippen LogP contribution < -0.4 is 11.1 Å². The molecule has 5 heteroatoms. The van der Waals surface area contributed by atoms with Crippen LogP contribution in [-0.4, -0.2) is 17.3 Å². The van der Waals surface area contributed by atoms with E-state index in [1.54, 1.807) is 0 Å². The maximum absolute atomic E-state index is 9.44. The summed E-state index contributed by atoms with van der Waals surface area (Å²) in [6, 6.07) is 6.51. The number of hydrogen-bond acceptors (Lipinski definition) is 3. The molecule has 3 nitrogen and oxygen atoms in total. The Morgan fingerprint density at radius 1 is 1.28 bits per heavy atom. The summed E-state index contributed by atoms with van der Waals surface area (Å²) in [5, 5.41) is 13.0. The predicted octanol–water partition coefficient (Wildman–Crippen LogP) is 2.85. The summed E-state index contributed by atoms with van der Waals surface area (Å²) in [5.41, 5.74) is 7.94. The molecule has 0 aromatic heterocycles. The van der Waals surface area contributed by atoms with Crippen molar-refractivity contribution in [3.05, 3.63) is 28.2 Å². The number of nitrogens with two attached hydrogens (primary N) is 1. The van der Waals surface area contributed by atoms with Gasteiger partial charge in [-0.05, 0) is 53.2 Å². The predicted molar refractivity (Wildman–Crippen MR) is 80.9 cm³/mol. The molecule has 1 aromatic carbocycles. The quantitative estimate of drug-likeness (QED) is 0.745. The Balaban J connectivity index is 0.00000162. The van der Waals surface area contributed by atoms with Crippen LogP contribution in [0, 0.1) is 0 Å². The van der Waals surface area contributed by atoms with Crippen LogP contribution in [0.15, 0.2) is 22.7 Å². The Labute approximate surface area is 123 Å². The zero-order chi connectivity index (χ0) is 12.3. The van der Waals surface area contributed by atoms with Gasteiger partial charge in [0, 0.05) is 17.1 Å². The van der Waals surface area contributed by atoms with Crippen molar-refractivity contribution in [2.45, 2.75) is 44.4 Å². The molecule has 2 rings (SSSR count). The zero-order valence-electron chi connectivity index (χ0n) is 10.2. The van der Waals surface area contributed by atoms with Gasteiger partial charge in [0.2, 0.25) is 0 Å². The molecule has 0 atom stereocenters. The van der Waals surface area contributed by atoms with Crippen molar-refractivity contribution in [3.63, 3.8) is 0 Å². The van der Waals surface area contributed by atoms with Crippen molar-refractivity contribution in [2.24, 2.45) is 0 Å². The minimum Gasteiger partial charge on any atom is -0.398 e. The van der Waals surface area contributed by atoms with Gasteiger partial charge in [-0.15, -0.1) is 12.4 Å². The second-order valence-electron chi connectivity index (χ2n) is 4.70. The second kappa shape index (κ2) is 7.34. The van der Waals surface area contributed by atoms with Gasteiger partial charge in [-0.25, -0.2) is 0 Å². The van der Waals surface area contributed by atoms with Gasteiger partial charge in [0.1, 0.15) is 0 Å². The van der Waals surface area contributed by atoms with E-state index >= 15 is 0 Å². The van der Waals surface area contributed by atoms with Crippen LogP contribution >= 0.6 is 28.3 Å². The minimum absolute atomic E-state index is 0. The molecule has 102 valence electrons. The first kappa shape index (κ1) is 15.8. The lowest BCUT2D eigenvalue weighted by atomic mass is 9.93. The van der Waals surface area contributed by atoms with Crippen LogP contribution in [0.1, 0.15) is 31.2 Å². The highest BCUT2D eigenvalue weighted by Crippen LogP contribution is 2.24. The first-order chi connectivity index (χ1) is 8.16. The molecule has 0 heterocycles. The third-order valence-electron chi connectivity index (χ3n) is 3.42. The van der Waals surface area contributed by atoms with Gasteiger partial charge >= 0.3 is 0 Å². The largest absolute Gasteiger partial charge is 0.398 e. The Hall–Kier alpha value is -0.290. The van der Waals surface area contributed by atoms with Crippen LogP contribution in [0.3, 0.4) is 0 Å². The molecular formula is C13H20BrClN2O. The minimum atomic E-state index is -0.0935. The summed E-state index contributed by atoms with van der Waals surface area (Å²) < 4.78 is 0.955. The topological polar surface area (TPSA) is 58.3 Å². The molecule has 0 aliphatic heterocycles. The molecule has 1 aromatic rings. The highest BCUT2D eigenvalue weighted by atomic mass is 79.9. The number of rotatable bonds is 3. The summed E-state index contributed by atoms with van der Waals surface area (Å²) in [6.07, 6.45) is 3.82. The van der Waals surface area contributed by atoms with E-state index in [9.17, 15) is 5.11 Å². The zero-order valence-corrected chi connectivity index (χ0v) is 12.6. The molecule has 1 fully saturated rings. The third-order valence-corrected chi connectivity index (χ3v) is 4.11. The van der Waals surface area contributed by atoms with Crippen molar-refractivity contribution in [1.29, 1.82) is 0 Å². The number of nitrogen functional groups attached to an aromatic ring is 1. The molecule has 18 heavy (non-hydrogen) atoms. The number of anilines is 1. The Morgan fingerprint density at radius 2 is 1.94 bits per heavy atom. The monoisotopic (exact) mass is 334 g/mol. The van der Waals surface area contributed by atoms with E-state index in [0.29, 0.717) is 6.04 Å². The molecule has 0 radical (unpaired) electrons. The molecule has 0 spiro atoms. The highest BCUT2D eigenvalue weighted by Gasteiger charge is 2.18. The standard InChI is InChI=1S/C13H19BrN2O.ClH/c14-12-3-1-2-9(13(12)15)8-16-10-4-6-11(17)7-5-10;/h1-3,10-11,16-17H,4-8,15H2;1H. The van der Waals surface area contributed by atoms with Crippen molar-refractivity contribution in [2.75, 3.05) is 5.73 Å². The average Bonchev–Trinajstić information content (AvgIpc) is 2.33. The van der Waals surface area contributed by atoms with E-state index in [1.807, 2.05) is 18.2 Å². The van der Waals surface area contributed by atoms with E-state index in [1.165, 1.54) is 0 Å². The molecule has 1 aliphatic carbocycles. The van der Waals surface area contributed by atoms with Crippen LogP contribution in [0.4, 0.5) is 5.69 Å². The molecular weight excluding hydrogens is 316 g/mol. The smallest absolute Gasteiger partial charge is 0.0541 e. The van der Waals surface area contributed by atoms with Crippen molar-refractivity contribution in [3.8, 4) is 0 Å². The number of hydrogen-bond donors (Lipinski definition) is 3. The van der Waals surface area contributed by atoms with Crippen LogP contribution in [0.2, 0.25) is 0 Å². The van der Waals surface area contributed by atoms with Crippen molar-refractivity contribution < 1.29 is 5.11 Å². The lowest BCUT2D eigenvalue weighted by Crippen LogP contribution is -2.34. The van der Waals surface area contributed by atoms with Gasteiger partial charge in [0.15, 0.2) is 0 Å². The molecule has 0 bridgehead atoms. The van der Waals surface area contributed by atoms with Crippen molar-refractivity contribution in [1.82, 2.24) is 5.32 Å². The highest BCUT2D eigenvalue weighted by molar-refractivity contribution is 9.10. The Kier molecular flexibility index (Phi) is 6.43. The summed E-state index contributed by atoms with van der Waals surface area (Å²) in [6.45, 7) is 0.798. The van der Waals surface area contributed by atoms with Crippen LogP contribution in [0.25, 0.3) is 0 Å². The summed E-state index contributed by atoms with van der Waals surface area (Å²) in [4.78, 5) is 0. The van der Waals surface area contributed by atoms with Gasteiger partial charge in [-0.2, -0.15) is 0 Å². The lowest BCUT2D eigenvalue weighted by molar-refractivity contribution is 0.116. The van der Waals surface area contributed by atoms with Gasteiger partial charge < -0.3 is 16.2 Å². The molecule has 1 saturated carbocycles. The van der Waals surface area contributed by atoms with Gasteiger partial charge in [-0.3, -0.25) is 0 Å². The Morgan fingerprint density at radius 3 is 2.61 bits per heavy atom. The maximum Gasteiger partial charge on any atom is 0.0541 e. The first-order valence-electron chi connectivity index (χ1n) is 6.11. The second-order valence-corrected chi connectivity index (χ2v) is 5.55. The number of benzene rings is 1. The van der Waals surface area contributed by atoms with Crippen LogP contribution in [-0.2, 0) is 6.54 Å². The molecule has 0 amide bonds. The lowest BCUT2D eigenvalue weighted by Gasteiger charge is -2.26. The fourth-order valence-corrected chi connectivity index (χ4v) is 2.68. The van der Waals surface area contributed by atoms with Gasteiger partial charge in [0.05, 0.1) is 11.8 Å². The summed E-state index contributed by atoms with van der Waals surface area (Å²) in [5.74, 6) is 0. The van der Waals surface area contributed by atoms with E-state index in [0.717, 1.165) is 48.0 Å². The van der Waals surface area contributed by atoms with E-state index in [2.05, 4.69) is 21.2 Å². The SMILES string of the molecule is Cl.Nc1c(Br)cccc1CNC1CCC(O)CC1. The fourth-order valence-electron chi connectivity index (χ4n) is 2.27. The normalized spacial score (nSPS) is 23.4. The molecule has 1 aliphatic rings. The summed E-state index contributed by atoms with van der Waals surface area (Å²) >= 11 is 3.43.